The SMILES string of the molecule is CC(=O)CC(C)(C)Cc1ccn(C2CCCC2)n1. The van der Waals surface area contributed by atoms with E-state index in [9.17, 15) is 4.79 Å². The molecule has 2 rings (SSSR count). The second-order valence-corrected chi connectivity index (χ2v) is 6.45. The van der Waals surface area contributed by atoms with Crippen LogP contribution in [0.4, 0.5) is 0 Å². The molecule has 100 valence electrons. The smallest absolute Gasteiger partial charge is 0.130 e. The number of carbonyl (C=O) groups excluding carboxylic acids is 1. The van der Waals surface area contributed by atoms with Crippen molar-refractivity contribution in [3.63, 3.8) is 0 Å². The molecule has 1 aliphatic rings. The minimum Gasteiger partial charge on any atom is -0.300 e. The van der Waals surface area contributed by atoms with Gasteiger partial charge in [0.05, 0.1) is 11.7 Å². The molecule has 1 fully saturated rings. The molecule has 0 radical (unpaired) electrons. The Morgan fingerprint density at radius 2 is 2.11 bits per heavy atom. The Labute approximate surface area is 110 Å². The number of hydrogen-bond acceptors (Lipinski definition) is 2. The van der Waals surface area contributed by atoms with Gasteiger partial charge in [-0.3, -0.25) is 4.68 Å². The highest BCUT2D eigenvalue weighted by Crippen LogP contribution is 2.30. The highest BCUT2D eigenvalue weighted by molar-refractivity contribution is 5.76. The second kappa shape index (κ2) is 5.25. The normalized spacial score (nSPS) is 17.3. The van der Waals surface area contributed by atoms with Crippen LogP contribution in [0.3, 0.4) is 0 Å². The average molecular weight is 248 g/mol. The standard InChI is InChI=1S/C15H24N2O/c1-12(18)10-15(2,3)11-13-8-9-17(16-13)14-6-4-5-7-14/h8-9,14H,4-7,10-11H2,1-3H3. The molecule has 3 nitrogen and oxygen atoms in total. The Hall–Kier alpha value is -1.12. The number of aromatic nitrogens is 2. The summed E-state index contributed by atoms with van der Waals surface area (Å²) in [5, 5.41) is 4.69. The molecule has 0 N–H and O–H groups in total. The summed E-state index contributed by atoms with van der Waals surface area (Å²) in [7, 11) is 0. The summed E-state index contributed by atoms with van der Waals surface area (Å²) >= 11 is 0. The van der Waals surface area contributed by atoms with Crippen LogP contribution in [-0.4, -0.2) is 15.6 Å². The average Bonchev–Trinajstić information content (AvgIpc) is 2.82. The minimum absolute atomic E-state index is 0.0146. The highest BCUT2D eigenvalue weighted by Gasteiger charge is 2.23. The van der Waals surface area contributed by atoms with E-state index >= 15 is 0 Å². The molecule has 18 heavy (non-hydrogen) atoms. The van der Waals surface area contributed by atoms with Gasteiger partial charge in [0, 0.05) is 12.6 Å². The first kappa shape index (κ1) is 13.3. The van der Waals surface area contributed by atoms with Crippen molar-refractivity contribution in [3.05, 3.63) is 18.0 Å². The van der Waals surface area contributed by atoms with Gasteiger partial charge in [-0.1, -0.05) is 26.7 Å². The highest BCUT2D eigenvalue weighted by atomic mass is 16.1. The fourth-order valence-electron chi connectivity index (χ4n) is 3.07. The zero-order valence-electron chi connectivity index (χ0n) is 11.8. The molecular formula is C15H24N2O. The zero-order valence-corrected chi connectivity index (χ0v) is 11.8. The van der Waals surface area contributed by atoms with Gasteiger partial charge in [0.1, 0.15) is 5.78 Å². The number of ketones is 1. The molecule has 1 heterocycles. The monoisotopic (exact) mass is 248 g/mol. The second-order valence-electron chi connectivity index (χ2n) is 6.45. The first-order chi connectivity index (χ1) is 8.46. The Bertz CT molecular complexity index is 414. The van der Waals surface area contributed by atoms with Gasteiger partial charge >= 0.3 is 0 Å². The Balaban J connectivity index is 1.99. The third-order valence-corrected chi connectivity index (χ3v) is 3.75. The lowest BCUT2D eigenvalue weighted by Gasteiger charge is -2.21. The van der Waals surface area contributed by atoms with E-state index in [0.29, 0.717) is 12.5 Å². The van der Waals surface area contributed by atoms with E-state index in [-0.39, 0.29) is 11.2 Å². The van der Waals surface area contributed by atoms with E-state index in [1.54, 1.807) is 6.92 Å². The molecule has 0 spiro atoms. The van der Waals surface area contributed by atoms with Gasteiger partial charge in [0.25, 0.3) is 0 Å². The van der Waals surface area contributed by atoms with Crippen LogP contribution in [0, 0.1) is 5.41 Å². The largest absolute Gasteiger partial charge is 0.300 e. The predicted molar refractivity (Wildman–Crippen MR) is 72.5 cm³/mol. The van der Waals surface area contributed by atoms with Crippen molar-refractivity contribution in [2.45, 2.75) is 65.3 Å². The molecular weight excluding hydrogens is 224 g/mol. The molecule has 1 aromatic rings. The fourth-order valence-corrected chi connectivity index (χ4v) is 3.07. The summed E-state index contributed by atoms with van der Waals surface area (Å²) in [6, 6.07) is 2.72. The van der Waals surface area contributed by atoms with Gasteiger partial charge in [-0.15, -0.1) is 0 Å². The molecule has 0 aromatic carbocycles. The molecule has 1 saturated carbocycles. The van der Waals surface area contributed by atoms with E-state index in [1.807, 2.05) is 0 Å². The molecule has 1 aromatic heterocycles. The molecule has 0 atom stereocenters. The third kappa shape index (κ3) is 3.44. The first-order valence-corrected chi connectivity index (χ1v) is 7.00. The van der Waals surface area contributed by atoms with Crippen LogP contribution in [0.1, 0.15) is 64.6 Å². The summed E-state index contributed by atoms with van der Waals surface area (Å²) in [6.45, 7) is 5.95. The van der Waals surface area contributed by atoms with Gasteiger partial charge in [-0.25, -0.2) is 0 Å². The maximum atomic E-state index is 11.2. The number of carbonyl (C=O) groups is 1. The predicted octanol–water partition coefficient (Wildman–Crippen LogP) is 3.55. The first-order valence-electron chi connectivity index (χ1n) is 7.00. The van der Waals surface area contributed by atoms with Crippen LogP contribution in [0.15, 0.2) is 12.3 Å². The fraction of sp³-hybridized carbons (Fsp3) is 0.733. The summed E-state index contributed by atoms with van der Waals surface area (Å²) in [6.07, 6.45) is 8.80. The molecule has 3 heteroatoms. The minimum atomic E-state index is 0.0146. The zero-order chi connectivity index (χ0) is 13.2. The van der Waals surface area contributed by atoms with Crippen LogP contribution in [0.5, 0.6) is 0 Å². The molecule has 0 unspecified atom stereocenters. The van der Waals surface area contributed by atoms with E-state index in [0.717, 1.165) is 12.1 Å². The number of nitrogens with zero attached hydrogens (tertiary/aromatic N) is 2. The van der Waals surface area contributed by atoms with Crippen molar-refractivity contribution < 1.29 is 4.79 Å². The topological polar surface area (TPSA) is 34.9 Å². The van der Waals surface area contributed by atoms with E-state index in [4.69, 9.17) is 5.10 Å². The Morgan fingerprint density at radius 3 is 2.72 bits per heavy atom. The molecule has 0 amide bonds. The van der Waals surface area contributed by atoms with Crippen molar-refractivity contribution in [2.24, 2.45) is 5.41 Å². The number of rotatable bonds is 5. The van der Waals surface area contributed by atoms with Crippen LogP contribution in [0.25, 0.3) is 0 Å². The van der Waals surface area contributed by atoms with Crippen LogP contribution < -0.4 is 0 Å². The van der Waals surface area contributed by atoms with Crippen molar-refractivity contribution >= 4 is 5.78 Å². The molecule has 0 aliphatic heterocycles. The van der Waals surface area contributed by atoms with Gasteiger partial charge < -0.3 is 4.79 Å². The summed E-state index contributed by atoms with van der Waals surface area (Å²) in [5.41, 5.74) is 1.13. The molecule has 0 bridgehead atoms. The van der Waals surface area contributed by atoms with Gasteiger partial charge in [-0.2, -0.15) is 5.10 Å². The molecule has 0 saturated heterocycles. The molecule has 1 aliphatic carbocycles. The summed E-state index contributed by atoms with van der Waals surface area (Å²) < 4.78 is 2.13. The summed E-state index contributed by atoms with van der Waals surface area (Å²) in [4.78, 5) is 11.2. The van der Waals surface area contributed by atoms with Gasteiger partial charge in [-0.05, 0) is 37.7 Å². The third-order valence-electron chi connectivity index (χ3n) is 3.75. The van der Waals surface area contributed by atoms with E-state index in [2.05, 4.69) is 30.8 Å². The van der Waals surface area contributed by atoms with Crippen molar-refractivity contribution in [1.82, 2.24) is 9.78 Å². The van der Waals surface area contributed by atoms with Crippen molar-refractivity contribution in [3.8, 4) is 0 Å². The lowest BCUT2D eigenvalue weighted by atomic mass is 9.83. The Morgan fingerprint density at radius 1 is 1.44 bits per heavy atom. The summed E-state index contributed by atoms with van der Waals surface area (Å²) in [5.74, 6) is 0.259. The van der Waals surface area contributed by atoms with Crippen LogP contribution in [0.2, 0.25) is 0 Å². The Kier molecular flexibility index (Phi) is 3.88. The van der Waals surface area contributed by atoms with E-state index in [1.165, 1.54) is 25.7 Å². The van der Waals surface area contributed by atoms with Crippen LogP contribution >= 0.6 is 0 Å². The van der Waals surface area contributed by atoms with Crippen molar-refractivity contribution in [1.29, 1.82) is 0 Å². The van der Waals surface area contributed by atoms with Crippen LogP contribution in [-0.2, 0) is 11.2 Å². The maximum absolute atomic E-state index is 11.2. The van der Waals surface area contributed by atoms with Gasteiger partial charge in [0.15, 0.2) is 0 Å². The van der Waals surface area contributed by atoms with Crippen molar-refractivity contribution in [2.75, 3.05) is 0 Å². The number of Topliss-reactive ketones (excluding diaryl/α,β-unsaturated/α-hetero) is 1. The van der Waals surface area contributed by atoms with Gasteiger partial charge in [0.2, 0.25) is 0 Å². The number of hydrogen-bond donors (Lipinski definition) is 0. The quantitative estimate of drug-likeness (QED) is 0.798. The maximum Gasteiger partial charge on any atom is 0.130 e. The lowest BCUT2D eigenvalue weighted by Crippen LogP contribution is -2.19. The van der Waals surface area contributed by atoms with E-state index < -0.39 is 0 Å². The lowest BCUT2D eigenvalue weighted by molar-refractivity contribution is -0.118.